The van der Waals surface area contributed by atoms with Crippen molar-refractivity contribution in [3.05, 3.63) is 64.9 Å². The average Bonchev–Trinajstić information content (AvgIpc) is 3.51. The quantitative estimate of drug-likeness (QED) is 0.264. The Balaban J connectivity index is 1.07. The predicted molar refractivity (Wildman–Crippen MR) is 179 cm³/mol. The molecule has 0 atom stereocenters. The number of carbonyl (C=O) groups is 1. The summed E-state index contributed by atoms with van der Waals surface area (Å²) in [6, 6.07) is 16.9. The number of hydrogen-bond donors (Lipinski definition) is 0. The number of amides is 1. The first kappa shape index (κ1) is 30.5. The Bertz CT molecular complexity index is 1780. The molecular weight excluding hydrogens is 601 g/mol. The van der Waals surface area contributed by atoms with Crippen LogP contribution in [0.25, 0.3) is 22.2 Å². The minimum absolute atomic E-state index is 0.242. The molecule has 0 aliphatic carbocycles. The highest BCUT2D eigenvalue weighted by molar-refractivity contribution is 7.16. The molecule has 0 unspecified atom stereocenters. The van der Waals surface area contributed by atoms with Gasteiger partial charge < -0.3 is 19.4 Å². The Kier molecular flexibility index (Phi) is 8.36. The monoisotopic (exact) mass is 639 g/mol. The van der Waals surface area contributed by atoms with Gasteiger partial charge in [0, 0.05) is 87.3 Å². The fraction of sp³-hybridized carbons (Fsp3) is 0.429. The molecule has 5 heterocycles. The van der Waals surface area contributed by atoms with Crippen molar-refractivity contribution in [3.63, 3.8) is 0 Å². The molecule has 0 N–H and O–H groups in total. The van der Waals surface area contributed by atoms with Gasteiger partial charge >= 0.3 is 0 Å². The van der Waals surface area contributed by atoms with Crippen LogP contribution >= 0.6 is 11.3 Å². The van der Waals surface area contributed by atoms with Gasteiger partial charge in [-0.1, -0.05) is 18.3 Å². The van der Waals surface area contributed by atoms with Crippen LogP contribution in [0, 0.1) is 22.6 Å². The average molecular weight is 640 g/mol. The number of pyridine rings is 1. The van der Waals surface area contributed by atoms with E-state index in [2.05, 4.69) is 47.1 Å². The van der Waals surface area contributed by atoms with Gasteiger partial charge in [-0.3, -0.25) is 14.7 Å². The molecule has 0 saturated carbocycles. The third-order valence-electron chi connectivity index (χ3n) is 9.72. The van der Waals surface area contributed by atoms with Crippen molar-refractivity contribution in [1.29, 1.82) is 5.26 Å². The number of hydrogen-bond acceptors (Lipinski definition) is 9. The Morgan fingerprint density at radius 1 is 1.07 bits per heavy atom. The van der Waals surface area contributed by atoms with Crippen LogP contribution < -0.4 is 9.80 Å². The van der Waals surface area contributed by atoms with Crippen LogP contribution in [0.3, 0.4) is 0 Å². The van der Waals surface area contributed by atoms with E-state index in [1.807, 2.05) is 16.8 Å². The summed E-state index contributed by atoms with van der Waals surface area (Å²) in [7, 11) is 1.97. The molecule has 238 valence electrons. The largest absolute Gasteiger partial charge is 0.381 e. The fourth-order valence-corrected chi connectivity index (χ4v) is 7.72. The fourth-order valence-electron chi connectivity index (χ4n) is 6.86. The van der Waals surface area contributed by atoms with Gasteiger partial charge in [0.1, 0.15) is 22.5 Å². The minimum Gasteiger partial charge on any atom is -0.381 e. The molecule has 11 heteroatoms. The van der Waals surface area contributed by atoms with E-state index in [4.69, 9.17) is 14.7 Å². The number of aromatic nitrogens is 2. The minimum atomic E-state index is -0.328. The van der Waals surface area contributed by atoms with Crippen molar-refractivity contribution in [1.82, 2.24) is 19.8 Å². The van der Waals surface area contributed by atoms with Crippen LogP contribution in [0.4, 0.5) is 20.9 Å². The normalized spacial score (nSPS) is 18.0. The highest BCUT2D eigenvalue weighted by atomic mass is 32.1. The molecule has 3 aliphatic heterocycles. The van der Waals surface area contributed by atoms with Gasteiger partial charge in [0.2, 0.25) is 5.91 Å². The van der Waals surface area contributed by atoms with Gasteiger partial charge in [0.15, 0.2) is 5.13 Å². The number of piperazine rings is 1. The lowest BCUT2D eigenvalue weighted by molar-refractivity contribution is -0.151. The topological polar surface area (TPSA) is 88.8 Å². The number of nitrogens with zero attached hydrogens (tertiary/aromatic N) is 7. The summed E-state index contributed by atoms with van der Waals surface area (Å²) >= 11 is 1.32. The number of anilines is 3. The number of likely N-dealkylation sites (tertiary alicyclic amines) is 1. The maximum Gasteiger partial charge on any atom is 0.236 e. The molecule has 7 rings (SSSR count). The van der Waals surface area contributed by atoms with Crippen molar-refractivity contribution in [3.8, 4) is 17.3 Å². The number of nitriles is 1. The van der Waals surface area contributed by atoms with Crippen molar-refractivity contribution >= 4 is 44.7 Å². The van der Waals surface area contributed by atoms with Crippen LogP contribution in [-0.2, 0) is 16.0 Å². The van der Waals surface area contributed by atoms with Crippen LogP contribution in [0.15, 0.2) is 48.5 Å². The van der Waals surface area contributed by atoms with Gasteiger partial charge in [-0.15, -0.1) is 0 Å². The first-order chi connectivity index (χ1) is 22.3. The molecule has 0 bridgehead atoms. The second kappa shape index (κ2) is 12.6. The number of benzene rings is 2. The first-order valence-corrected chi connectivity index (χ1v) is 16.8. The zero-order valence-electron chi connectivity index (χ0n) is 26.3. The van der Waals surface area contributed by atoms with Crippen LogP contribution in [0.2, 0.25) is 0 Å². The van der Waals surface area contributed by atoms with Crippen molar-refractivity contribution in [2.75, 3.05) is 75.9 Å². The van der Waals surface area contributed by atoms with Crippen LogP contribution in [0.1, 0.15) is 30.3 Å². The number of rotatable bonds is 7. The third kappa shape index (κ3) is 5.93. The standard InChI is InChI=1S/C35H38FN7O2S/c1-3-26-18-30(40(2)34-39-33(31(20-37)46-34)24-4-6-25(36)7-5-24)28-19-27(8-9-29(28)38-26)42-14-12-41(13-15-42)21-32(44)43-22-35(23-43)10-16-45-17-11-35/h4-9,18-19H,3,10-17,21-23H2,1-2H3. The summed E-state index contributed by atoms with van der Waals surface area (Å²) in [6.45, 7) is 9.30. The first-order valence-electron chi connectivity index (χ1n) is 16.0. The Hall–Kier alpha value is -4.11. The van der Waals surface area contributed by atoms with Gasteiger partial charge in [0.25, 0.3) is 0 Å². The van der Waals surface area contributed by atoms with E-state index in [-0.39, 0.29) is 11.7 Å². The van der Waals surface area contributed by atoms with E-state index in [9.17, 15) is 14.4 Å². The molecule has 3 aliphatic rings. The van der Waals surface area contributed by atoms with Crippen LogP contribution in [-0.4, -0.2) is 91.7 Å². The lowest BCUT2D eigenvalue weighted by atomic mass is 9.73. The molecule has 1 spiro atoms. The Morgan fingerprint density at radius 3 is 2.50 bits per heavy atom. The summed E-state index contributed by atoms with van der Waals surface area (Å²) in [5.41, 5.74) is 5.52. The zero-order chi connectivity index (χ0) is 31.8. The van der Waals surface area contributed by atoms with Gasteiger partial charge in [-0.25, -0.2) is 9.37 Å². The summed E-state index contributed by atoms with van der Waals surface area (Å²) in [5.74, 6) is -0.0859. The maximum atomic E-state index is 13.6. The Morgan fingerprint density at radius 2 is 1.80 bits per heavy atom. The van der Waals surface area contributed by atoms with E-state index < -0.39 is 0 Å². The van der Waals surface area contributed by atoms with Gasteiger partial charge in [-0.2, -0.15) is 5.26 Å². The number of ether oxygens (including phenoxy) is 1. The van der Waals surface area contributed by atoms with Crippen LogP contribution in [0.5, 0.6) is 0 Å². The van der Waals surface area contributed by atoms with E-state index in [1.54, 1.807) is 12.1 Å². The van der Waals surface area contributed by atoms with Gasteiger partial charge in [-0.05, 0) is 67.8 Å². The molecule has 2 aromatic heterocycles. The predicted octanol–water partition coefficient (Wildman–Crippen LogP) is 5.46. The van der Waals surface area contributed by atoms with Crippen molar-refractivity contribution in [2.24, 2.45) is 5.41 Å². The van der Waals surface area contributed by atoms with E-state index in [0.717, 1.165) is 99.7 Å². The summed E-state index contributed by atoms with van der Waals surface area (Å²) in [6.07, 6.45) is 2.92. The zero-order valence-corrected chi connectivity index (χ0v) is 27.2. The number of carbonyl (C=O) groups excluding carboxylic acids is 1. The van der Waals surface area contributed by atoms with Gasteiger partial charge in [0.05, 0.1) is 17.7 Å². The lowest BCUT2D eigenvalue weighted by Crippen LogP contribution is -2.62. The lowest BCUT2D eigenvalue weighted by Gasteiger charge is -2.52. The van der Waals surface area contributed by atoms with E-state index >= 15 is 0 Å². The molecule has 1 amide bonds. The number of fused-ring (bicyclic) bond motifs is 1. The maximum absolute atomic E-state index is 13.6. The SMILES string of the molecule is CCc1cc(N(C)c2nc(-c3ccc(F)cc3)c(C#N)s2)c2cc(N3CCN(CC(=O)N4CC5(CCOCC5)C4)CC3)ccc2n1. The second-order valence-corrected chi connectivity index (χ2v) is 13.6. The van der Waals surface area contributed by atoms with E-state index in [1.165, 1.54) is 23.5 Å². The molecule has 4 aromatic rings. The van der Waals surface area contributed by atoms with E-state index in [0.29, 0.717) is 33.2 Å². The molecular formula is C35H38FN7O2S. The molecule has 3 saturated heterocycles. The number of halogens is 1. The summed E-state index contributed by atoms with van der Waals surface area (Å²) in [4.78, 5) is 32.0. The molecule has 0 radical (unpaired) electrons. The highest BCUT2D eigenvalue weighted by Crippen LogP contribution is 2.40. The second-order valence-electron chi connectivity index (χ2n) is 12.7. The summed E-state index contributed by atoms with van der Waals surface area (Å²) < 4.78 is 19.1. The molecule has 46 heavy (non-hydrogen) atoms. The highest BCUT2D eigenvalue weighted by Gasteiger charge is 2.45. The van der Waals surface area contributed by atoms with Crippen molar-refractivity contribution in [2.45, 2.75) is 26.2 Å². The third-order valence-corrected chi connectivity index (χ3v) is 10.8. The number of aryl methyl sites for hydroxylation is 1. The smallest absolute Gasteiger partial charge is 0.236 e. The molecule has 2 aromatic carbocycles. The molecule has 9 nitrogen and oxygen atoms in total. The van der Waals surface area contributed by atoms with Crippen molar-refractivity contribution < 1.29 is 13.9 Å². The Labute approximate surface area is 272 Å². The number of thiazole rings is 1. The summed E-state index contributed by atoms with van der Waals surface area (Å²) in [5, 5.41) is 11.6. The molecule has 3 fully saturated rings.